The van der Waals surface area contributed by atoms with Crippen LogP contribution in [0.5, 0.6) is 0 Å². The summed E-state index contributed by atoms with van der Waals surface area (Å²) in [5, 5.41) is 2.64. The number of carbonyl (C=O) groups is 2. The highest BCUT2D eigenvalue weighted by molar-refractivity contribution is 5.80. The molecule has 0 saturated carbocycles. The summed E-state index contributed by atoms with van der Waals surface area (Å²) in [6, 6.07) is -0.727. The number of rotatable bonds is 6. The molecule has 0 radical (unpaired) electrons. The first-order chi connectivity index (χ1) is 6.47. The van der Waals surface area contributed by atoms with Gasteiger partial charge in [0.15, 0.2) is 0 Å². The van der Waals surface area contributed by atoms with Gasteiger partial charge in [-0.1, -0.05) is 0 Å². The van der Waals surface area contributed by atoms with Crippen LogP contribution >= 0.6 is 0 Å². The molecule has 0 aliphatic rings. The lowest BCUT2D eigenvalue weighted by atomic mass is 10.3. The Bertz CT molecular complexity index is 208. The van der Waals surface area contributed by atoms with E-state index >= 15 is 0 Å². The maximum absolute atomic E-state index is 11.1. The molecule has 6 heteroatoms. The summed E-state index contributed by atoms with van der Waals surface area (Å²) in [6.45, 7) is 2.93. The van der Waals surface area contributed by atoms with Crippen LogP contribution < -0.4 is 16.8 Å². The molecule has 0 aromatic carbocycles. The lowest BCUT2D eigenvalue weighted by Gasteiger charge is -2.18. The van der Waals surface area contributed by atoms with Crippen molar-refractivity contribution in [1.82, 2.24) is 10.2 Å². The molecule has 5 N–H and O–H groups in total. The predicted molar refractivity (Wildman–Crippen MR) is 53.4 cm³/mol. The van der Waals surface area contributed by atoms with E-state index in [1.807, 2.05) is 6.92 Å². The monoisotopic (exact) mass is 202 g/mol. The SMILES string of the molecule is CCNC(=O)CN(C)CC(N)C(N)=O. The molecule has 0 aromatic heterocycles. The van der Waals surface area contributed by atoms with Crippen molar-refractivity contribution in [3.8, 4) is 0 Å². The van der Waals surface area contributed by atoms with Gasteiger partial charge in [-0.15, -0.1) is 0 Å². The average Bonchev–Trinajstić information content (AvgIpc) is 2.03. The molecule has 0 bridgehead atoms. The van der Waals surface area contributed by atoms with Crippen molar-refractivity contribution >= 4 is 11.8 Å². The zero-order valence-corrected chi connectivity index (χ0v) is 8.62. The molecule has 0 aliphatic heterocycles. The fourth-order valence-corrected chi connectivity index (χ4v) is 0.989. The summed E-state index contributed by atoms with van der Waals surface area (Å²) in [7, 11) is 1.71. The van der Waals surface area contributed by atoms with Gasteiger partial charge < -0.3 is 16.8 Å². The van der Waals surface area contributed by atoms with Gasteiger partial charge in [-0.2, -0.15) is 0 Å². The highest BCUT2D eigenvalue weighted by Crippen LogP contribution is 1.85. The zero-order chi connectivity index (χ0) is 11.1. The Morgan fingerprint density at radius 1 is 1.50 bits per heavy atom. The van der Waals surface area contributed by atoms with E-state index in [2.05, 4.69) is 5.32 Å². The molecule has 2 amide bonds. The topological polar surface area (TPSA) is 101 Å². The number of hydrogen-bond donors (Lipinski definition) is 3. The van der Waals surface area contributed by atoms with E-state index in [0.29, 0.717) is 6.54 Å². The first-order valence-corrected chi connectivity index (χ1v) is 4.47. The Hall–Kier alpha value is -1.14. The van der Waals surface area contributed by atoms with Crippen LogP contribution in [-0.2, 0) is 9.59 Å². The minimum Gasteiger partial charge on any atom is -0.368 e. The van der Waals surface area contributed by atoms with E-state index < -0.39 is 11.9 Å². The molecule has 0 aliphatic carbocycles. The van der Waals surface area contributed by atoms with Gasteiger partial charge in [0.25, 0.3) is 0 Å². The van der Waals surface area contributed by atoms with Gasteiger partial charge in [0, 0.05) is 13.1 Å². The number of likely N-dealkylation sites (N-methyl/N-ethyl adjacent to an activating group) is 2. The maximum Gasteiger partial charge on any atom is 0.235 e. The zero-order valence-electron chi connectivity index (χ0n) is 8.62. The molecule has 1 unspecified atom stereocenters. The lowest BCUT2D eigenvalue weighted by molar-refractivity contribution is -0.123. The quantitative estimate of drug-likeness (QED) is 0.458. The van der Waals surface area contributed by atoms with Crippen molar-refractivity contribution in [2.75, 3.05) is 26.7 Å². The van der Waals surface area contributed by atoms with Crippen molar-refractivity contribution in [2.24, 2.45) is 11.5 Å². The van der Waals surface area contributed by atoms with Crippen LogP contribution in [-0.4, -0.2) is 49.4 Å². The number of amides is 2. The Balaban J connectivity index is 3.80. The molecule has 0 saturated heterocycles. The third-order valence-electron chi connectivity index (χ3n) is 1.66. The number of hydrogen-bond acceptors (Lipinski definition) is 4. The van der Waals surface area contributed by atoms with E-state index in [1.54, 1.807) is 11.9 Å². The standard InChI is InChI=1S/C8H18N4O2/c1-3-11-7(13)5-12(2)4-6(9)8(10)14/h6H,3-5,9H2,1-2H3,(H2,10,14)(H,11,13). The summed E-state index contributed by atoms with van der Waals surface area (Å²) in [5.74, 6) is -0.653. The maximum atomic E-state index is 11.1. The van der Waals surface area contributed by atoms with Gasteiger partial charge in [-0.25, -0.2) is 0 Å². The number of nitrogens with one attached hydrogen (secondary N) is 1. The summed E-state index contributed by atoms with van der Waals surface area (Å²) < 4.78 is 0. The summed E-state index contributed by atoms with van der Waals surface area (Å²) in [6.07, 6.45) is 0. The summed E-state index contributed by atoms with van der Waals surface area (Å²) in [5.41, 5.74) is 10.4. The number of nitrogens with zero attached hydrogens (tertiary/aromatic N) is 1. The van der Waals surface area contributed by atoms with E-state index in [9.17, 15) is 9.59 Å². The Morgan fingerprint density at radius 2 is 2.07 bits per heavy atom. The second-order valence-electron chi connectivity index (χ2n) is 3.16. The van der Waals surface area contributed by atoms with Crippen LogP contribution in [0, 0.1) is 0 Å². The third-order valence-corrected chi connectivity index (χ3v) is 1.66. The Morgan fingerprint density at radius 3 is 2.50 bits per heavy atom. The molecular formula is C8H18N4O2. The van der Waals surface area contributed by atoms with E-state index in [-0.39, 0.29) is 19.0 Å². The van der Waals surface area contributed by atoms with Crippen molar-refractivity contribution in [3.63, 3.8) is 0 Å². The van der Waals surface area contributed by atoms with Crippen molar-refractivity contribution in [1.29, 1.82) is 0 Å². The van der Waals surface area contributed by atoms with Gasteiger partial charge in [0.05, 0.1) is 12.6 Å². The number of primary amides is 1. The van der Waals surface area contributed by atoms with Crippen molar-refractivity contribution in [3.05, 3.63) is 0 Å². The van der Waals surface area contributed by atoms with Crippen LogP contribution in [0.3, 0.4) is 0 Å². The van der Waals surface area contributed by atoms with Crippen LogP contribution in [0.25, 0.3) is 0 Å². The van der Waals surface area contributed by atoms with Crippen LogP contribution in [0.2, 0.25) is 0 Å². The first kappa shape index (κ1) is 12.9. The van der Waals surface area contributed by atoms with Crippen LogP contribution in [0.1, 0.15) is 6.92 Å². The van der Waals surface area contributed by atoms with E-state index in [1.165, 1.54) is 0 Å². The molecule has 0 heterocycles. The van der Waals surface area contributed by atoms with E-state index in [4.69, 9.17) is 11.5 Å². The fourth-order valence-electron chi connectivity index (χ4n) is 0.989. The molecule has 82 valence electrons. The molecule has 1 atom stereocenters. The van der Waals surface area contributed by atoms with E-state index in [0.717, 1.165) is 0 Å². The van der Waals surface area contributed by atoms with Gasteiger partial charge in [-0.05, 0) is 14.0 Å². The van der Waals surface area contributed by atoms with Crippen molar-refractivity contribution < 1.29 is 9.59 Å². The van der Waals surface area contributed by atoms with Gasteiger partial charge >= 0.3 is 0 Å². The molecular weight excluding hydrogens is 184 g/mol. The van der Waals surface area contributed by atoms with Crippen molar-refractivity contribution in [2.45, 2.75) is 13.0 Å². The second kappa shape index (κ2) is 6.33. The summed E-state index contributed by atoms with van der Waals surface area (Å²) in [4.78, 5) is 23.4. The number of nitrogens with two attached hydrogens (primary N) is 2. The minimum atomic E-state index is -0.727. The lowest BCUT2D eigenvalue weighted by Crippen LogP contribution is -2.47. The van der Waals surface area contributed by atoms with Gasteiger partial charge in [0.2, 0.25) is 11.8 Å². The Kier molecular flexibility index (Phi) is 5.82. The third kappa shape index (κ3) is 5.50. The number of carbonyl (C=O) groups excluding carboxylic acids is 2. The molecule has 14 heavy (non-hydrogen) atoms. The fraction of sp³-hybridized carbons (Fsp3) is 0.750. The molecule has 6 nitrogen and oxygen atoms in total. The second-order valence-corrected chi connectivity index (χ2v) is 3.16. The van der Waals surface area contributed by atoms with Crippen LogP contribution in [0.15, 0.2) is 0 Å². The molecule has 0 spiro atoms. The smallest absolute Gasteiger partial charge is 0.235 e. The largest absolute Gasteiger partial charge is 0.368 e. The molecule has 0 aromatic rings. The minimum absolute atomic E-state index is 0.0910. The summed E-state index contributed by atoms with van der Waals surface area (Å²) >= 11 is 0. The molecule has 0 fully saturated rings. The van der Waals surface area contributed by atoms with Gasteiger partial charge in [0.1, 0.15) is 0 Å². The van der Waals surface area contributed by atoms with Gasteiger partial charge in [-0.3, -0.25) is 14.5 Å². The predicted octanol–water partition coefficient (Wildman–Crippen LogP) is -2.13. The molecule has 0 rings (SSSR count). The highest BCUT2D eigenvalue weighted by atomic mass is 16.2. The van der Waals surface area contributed by atoms with Crippen LogP contribution in [0.4, 0.5) is 0 Å². The average molecular weight is 202 g/mol. The Labute approximate surface area is 83.6 Å². The first-order valence-electron chi connectivity index (χ1n) is 4.47. The highest BCUT2D eigenvalue weighted by Gasteiger charge is 2.13. The normalized spacial score (nSPS) is 12.6.